The van der Waals surface area contributed by atoms with E-state index in [-0.39, 0.29) is 5.41 Å². The van der Waals surface area contributed by atoms with Gasteiger partial charge in [-0.25, -0.2) is 4.98 Å². The van der Waals surface area contributed by atoms with Crippen LogP contribution in [0.3, 0.4) is 0 Å². The molecule has 1 saturated carbocycles. The molecule has 1 aromatic heterocycles. The van der Waals surface area contributed by atoms with Crippen molar-refractivity contribution in [1.29, 1.82) is 0 Å². The summed E-state index contributed by atoms with van der Waals surface area (Å²) in [6.45, 7) is 7.90. The first-order valence-corrected chi connectivity index (χ1v) is 7.53. The van der Waals surface area contributed by atoms with Crippen LogP contribution in [0.25, 0.3) is 0 Å². The Labute approximate surface area is 123 Å². The molecular formula is C14H22BrN3O. The van der Waals surface area contributed by atoms with E-state index in [0.29, 0.717) is 12.5 Å². The lowest BCUT2D eigenvalue weighted by Gasteiger charge is -2.18. The summed E-state index contributed by atoms with van der Waals surface area (Å²) >= 11 is 3.42. The Morgan fingerprint density at radius 2 is 2.05 bits per heavy atom. The monoisotopic (exact) mass is 327 g/mol. The van der Waals surface area contributed by atoms with E-state index in [2.05, 4.69) is 58.6 Å². The summed E-state index contributed by atoms with van der Waals surface area (Å²) in [7, 11) is 2.15. The molecule has 5 heteroatoms. The van der Waals surface area contributed by atoms with Crippen LogP contribution in [0, 0.1) is 0 Å². The van der Waals surface area contributed by atoms with Crippen LogP contribution < -0.4 is 4.74 Å². The maximum atomic E-state index is 5.75. The highest BCUT2D eigenvalue weighted by atomic mass is 79.9. The maximum absolute atomic E-state index is 5.75. The smallest absolute Gasteiger partial charge is 0.217 e. The van der Waals surface area contributed by atoms with Gasteiger partial charge in [-0.2, -0.15) is 4.98 Å². The fraction of sp³-hybridized carbons (Fsp3) is 0.714. The maximum Gasteiger partial charge on any atom is 0.217 e. The molecule has 4 nitrogen and oxygen atoms in total. The molecule has 0 unspecified atom stereocenters. The number of likely N-dealkylation sites (N-methyl/N-ethyl adjacent to an activating group) is 1. The fourth-order valence-electron chi connectivity index (χ4n) is 1.80. The van der Waals surface area contributed by atoms with Gasteiger partial charge in [-0.15, -0.1) is 0 Å². The molecule has 0 radical (unpaired) electrons. The summed E-state index contributed by atoms with van der Waals surface area (Å²) in [5.74, 6) is 1.45. The van der Waals surface area contributed by atoms with Gasteiger partial charge in [-0.3, -0.25) is 0 Å². The highest BCUT2D eigenvalue weighted by molar-refractivity contribution is 9.10. The molecule has 0 amide bonds. The average Bonchev–Trinajstić information content (AvgIpc) is 3.10. The van der Waals surface area contributed by atoms with E-state index in [0.717, 1.165) is 23.0 Å². The quantitative estimate of drug-likeness (QED) is 0.779. The largest absolute Gasteiger partial charge is 0.476 e. The molecule has 106 valence electrons. The number of halogens is 1. The first-order chi connectivity index (χ1) is 8.86. The van der Waals surface area contributed by atoms with Crippen LogP contribution in [0.2, 0.25) is 0 Å². The van der Waals surface area contributed by atoms with Crippen molar-refractivity contribution in [3.63, 3.8) is 0 Å². The number of rotatable bonds is 5. The van der Waals surface area contributed by atoms with Crippen LogP contribution in [-0.4, -0.2) is 41.1 Å². The van der Waals surface area contributed by atoms with Gasteiger partial charge in [-0.1, -0.05) is 20.8 Å². The van der Waals surface area contributed by atoms with Gasteiger partial charge in [-0.05, 0) is 35.8 Å². The number of hydrogen-bond acceptors (Lipinski definition) is 4. The van der Waals surface area contributed by atoms with Crippen LogP contribution in [0.5, 0.6) is 5.88 Å². The highest BCUT2D eigenvalue weighted by Gasteiger charge is 2.25. The predicted molar refractivity (Wildman–Crippen MR) is 79.6 cm³/mol. The predicted octanol–water partition coefficient (Wildman–Crippen LogP) is 3.01. The van der Waals surface area contributed by atoms with E-state index in [4.69, 9.17) is 4.74 Å². The van der Waals surface area contributed by atoms with Crippen LogP contribution in [0.15, 0.2) is 10.7 Å². The van der Waals surface area contributed by atoms with Gasteiger partial charge in [0.1, 0.15) is 17.0 Å². The molecule has 0 spiro atoms. The van der Waals surface area contributed by atoms with Crippen molar-refractivity contribution in [3.8, 4) is 5.88 Å². The summed E-state index contributed by atoms with van der Waals surface area (Å²) in [4.78, 5) is 11.2. The minimum absolute atomic E-state index is 0.0767. The molecule has 0 aliphatic heterocycles. The zero-order chi connectivity index (χ0) is 14.0. The van der Waals surface area contributed by atoms with Crippen molar-refractivity contribution in [2.75, 3.05) is 20.2 Å². The SMILES string of the molecule is CN(CCOc1cc(Br)nc(C(C)(C)C)n1)C1CC1. The molecule has 1 aliphatic carbocycles. The van der Waals surface area contributed by atoms with E-state index >= 15 is 0 Å². The van der Waals surface area contributed by atoms with Gasteiger partial charge in [0.15, 0.2) is 0 Å². The Bertz CT molecular complexity index is 441. The first-order valence-electron chi connectivity index (χ1n) is 6.74. The number of aromatic nitrogens is 2. The van der Waals surface area contributed by atoms with Gasteiger partial charge in [0.2, 0.25) is 5.88 Å². The van der Waals surface area contributed by atoms with Crippen LogP contribution >= 0.6 is 15.9 Å². The van der Waals surface area contributed by atoms with Crippen molar-refractivity contribution in [2.45, 2.75) is 45.1 Å². The zero-order valence-electron chi connectivity index (χ0n) is 12.1. The van der Waals surface area contributed by atoms with E-state index in [1.807, 2.05) is 6.07 Å². The van der Waals surface area contributed by atoms with Gasteiger partial charge in [0, 0.05) is 24.1 Å². The standard InChI is InChI=1S/C14H22BrN3O/c1-14(2,3)13-16-11(15)9-12(17-13)19-8-7-18(4)10-5-6-10/h9-10H,5-8H2,1-4H3. The van der Waals surface area contributed by atoms with Crippen molar-refractivity contribution in [3.05, 3.63) is 16.5 Å². The Kier molecular flexibility index (Phi) is 4.46. The summed E-state index contributed by atoms with van der Waals surface area (Å²) in [6.07, 6.45) is 2.65. The lowest BCUT2D eigenvalue weighted by atomic mass is 9.96. The average molecular weight is 328 g/mol. The Morgan fingerprint density at radius 1 is 1.37 bits per heavy atom. The number of ether oxygens (including phenoxy) is 1. The third-order valence-corrected chi connectivity index (χ3v) is 3.61. The van der Waals surface area contributed by atoms with E-state index in [1.54, 1.807) is 0 Å². The molecule has 1 fully saturated rings. The zero-order valence-corrected chi connectivity index (χ0v) is 13.7. The van der Waals surface area contributed by atoms with Gasteiger partial charge >= 0.3 is 0 Å². The second-order valence-electron chi connectivity index (χ2n) is 6.16. The molecule has 0 aromatic carbocycles. The van der Waals surface area contributed by atoms with Crippen LogP contribution in [-0.2, 0) is 5.41 Å². The molecule has 0 saturated heterocycles. The molecule has 1 aliphatic rings. The second-order valence-corrected chi connectivity index (χ2v) is 6.98. The first kappa shape index (κ1) is 14.7. The number of hydrogen-bond donors (Lipinski definition) is 0. The Morgan fingerprint density at radius 3 is 2.63 bits per heavy atom. The van der Waals surface area contributed by atoms with Gasteiger partial charge in [0.25, 0.3) is 0 Å². The minimum atomic E-state index is -0.0767. The van der Waals surface area contributed by atoms with E-state index in [1.165, 1.54) is 12.8 Å². The van der Waals surface area contributed by atoms with Crippen LogP contribution in [0.1, 0.15) is 39.4 Å². The van der Waals surface area contributed by atoms with Gasteiger partial charge in [0.05, 0.1) is 0 Å². The van der Waals surface area contributed by atoms with Crippen molar-refractivity contribution in [2.24, 2.45) is 0 Å². The number of nitrogens with zero attached hydrogens (tertiary/aromatic N) is 3. The summed E-state index contributed by atoms with van der Waals surface area (Å²) < 4.78 is 6.52. The summed E-state index contributed by atoms with van der Waals surface area (Å²) in [5, 5.41) is 0. The lowest BCUT2D eigenvalue weighted by Crippen LogP contribution is -2.26. The Hall–Kier alpha value is -0.680. The third-order valence-electron chi connectivity index (χ3n) is 3.21. The molecule has 2 rings (SSSR count). The van der Waals surface area contributed by atoms with Crippen molar-refractivity contribution in [1.82, 2.24) is 14.9 Å². The fourth-order valence-corrected chi connectivity index (χ4v) is 2.16. The minimum Gasteiger partial charge on any atom is -0.476 e. The molecular weight excluding hydrogens is 306 g/mol. The topological polar surface area (TPSA) is 38.2 Å². The third kappa shape index (κ3) is 4.42. The molecule has 0 N–H and O–H groups in total. The lowest BCUT2D eigenvalue weighted by molar-refractivity contribution is 0.225. The highest BCUT2D eigenvalue weighted by Crippen LogP contribution is 2.25. The summed E-state index contributed by atoms with van der Waals surface area (Å²) in [5.41, 5.74) is -0.0767. The summed E-state index contributed by atoms with van der Waals surface area (Å²) in [6, 6.07) is 2.60. The molecule has 19 heavy (non-hydrogen) atoms. The van der Waals surface area contributed by atoms with E-state index < -0.39 is 0 Å². The Balaban J connectivity index is 1.93. The molecule has 0 atom stereocenters. The second kappa shape index (κ2) is 5.75. The molecule has 0 bridgehead atoms. The molecule has 1 aromatic rings. The van der Waals surface area contributed by atoms with Gasteiger partial charge < -0.3 is 9.64 Å². The molecule has 1 heterocycles. The van der Waals surface area contributed by atoms with Crippen LogP contribution in [0.4, 0.5) is 0 Å². The van der Waals surface area contributed by atoms with Crippen molar-refractivity contribution >= 4 is 15.9 Å². The van der Waals surface area contributed by atoms with E-state index in [9.17, 15) is 0 Å². The van der Waals surface area contributed by atoms with Crippen molar-refractivity contribution < 1.29 is 4.74 Å². The normalized spacial score (nSPS) is 15.9.